The molecule has 0 aliphatic carbocycles. The van der Waals surface area contributed by atoms with Crippen LogP contribution in [0, 0.1) is 11.6 Å². The number of ether oxygens (including phenoxy) is 1. The van der Waals surface area contributed by atoms with Gasteiger partial charge < -0.3 is 10.1 Å². The fourth-order valence-corrected chi connectivity index (χ4v) is 2.78. The molecule has 0 bridgehead atoms. The highest BCUT2D eigenvalue weighted by Gasteiger charge is 2.31. The first-order valence-electron chi connectivity index (χ1n) is 7.12. The molecule has 2 unspecified atom stereocenters. The van der Waals surface area contributed by atoms with Gasteiger partial charge in [-0.2, -0.15) is 0 Å². The second-order valence-corrected chi connectivity index (χ2v) is 5.18. The van der Waals surface area contributed by atoms with E-state index in [0.717, 1.165) is 30.3 Å². The molecule has 0 radical (unpaired) electrons. The van der Waals surface area contributed by atoms with Gasteiger partial charge in [0.2, 0.25) is 0 Å². The Kier molecular flexibility index (Phi) is 3.88. The number of nitrogens with one attached hydrogen (secondary N) is 1. The van der Waals surface area contributed by atoms with Gasteiger partial charge in [0.25, 0.3) is 0 Å². The standard InChI is InChI=1S/C17H17F2NO/c1-2-20-17(12-7-8-13(18)14(19)9-12)16-10-11-5-3-4-6-15(11)21-16/h3-9,16-17,20H,2,10H2,1H3. The van der Waals surface area contributed by atoms with Crippen molar-refractivity contribution >= 4 is 0 Å². The van der Waals surface area contributed by atoms with Crippen molar-refractivity contribution in [1.82, 2.24) is 5.32 Å². The average molecular weight is 289 g/mol. The van der Waals surface area contributed by atoms with Crippen molar-refractivity contribution in [2.45, 2.75) is 25.5 Å². The summed E-state index contributed by atoms with van der Waals surface area (Å²) in [6.45, 7) is 2.70. The van der Waals surface area contributed by atoms with Crippen LogP contribution in [0.25, 0.3) is 0 Å². The summed E-state index contributed by atoms with van der Waals surface area (Å²) >= 11 is 0. The van der Waals surface area contributed by atoms with Gasteiger partial charge in [-0.25, -0.2) is 8.78 Å². The second kappa shape index (κ2) is 5.82. The first kappa shape index (κ1) is 14.0. The lowest BCUT2D eigenvalue weighted by Crippen LogP contribution is -2.35. The van der Waals surface area contributed by atoms with Gasteiger partial charge in [-0.15, -0.1) is 0 Å². The molecule has 0 aromatic heterocycles. The number of hydrogen-bond donors (Lipinski definition) is 1. The van der Waals surface area contributed by atoms with Gasteiger partial charge in [-0.05, 0) is 35.9 Å². The molecule has 0 saturated carbocycles. The number of halogens is 2. The monoisotopic (exact) mass is 289 g/mol. The fraction of sp³-hybridized carbons (Fsp3) is 0.294. The molecular formula is C17H17F2NO. The molecule has 110 valence electrons. The van der Waals surface area contributed by atoms with E-state index in [1.165, 1.54) is 6.07 Å². The maximum Gasteiger partial charge on any atom is 0.159 e. The Hall–Kier alpha value is -1.94. The predicted octanol–water partition coefficient (Wildman–Crippen LogP) is 3.62. The van der Waals surface area contributed by atoms with Gasteiger partial charge >= 0.3 is 0 Å². The van der Waals surface area contributed by atoms with E-state index in [4.69, 9.17) is 4.74 Å². The van der Waals surface area contributed by atoms with E-state index in [2.05, 4.69) is 5.32 Å². The van der Waals surface area contributed by atoms with E-state index < -0.39 is 11.6 Å². The topological polar surface area (TPSA) is 21.3 Å². The smallest absolute Gasteiger partial charge is 0.159 e. The first-order valence-corrected chi connectivity index (χ1v) is 7.12. The van der Waals surface area contributed by atoms with Crippen molar-refractivity contribution in [2.24, 2.45) is 0 Å². The van der Waals surface area contributed by atoms with Crippen LogP contribution in [0.2, 0.25) is 0 Å². The molecule has 0 fully saturated rings. The summed E-state index contributed by atoms with van der Waals surface area (Å²) in [4.78, 5) is 0. The third-order valence-electron chi connectivity index (χ3n) is 3.77. The highest BCUT2D eigenvalue weighted by molar-refractivity contribution is 5.38. The van der Waals surface area contributed by atoms with Gasteiger partial charge in [0.05, 0.1) is 6.04 Å². The molecule has 2 nitrogen and oxygen atoms in total. The molecule has 3 rings (SSSR count). The van der Waals surface area contributed by atoms with Gasteiger partial charge in [0, 0.05) is 6.42 Å². The number of fused-ring (bicyclic) bond motifs is 1. The fourth-order valence-electron chi connectivity index (χ4n) is 2.78. The van der Waals surface area contributed by atoms with Crippen LogP contribution in [0.4, 0.5) is 8.78 Å². The van der Waals surface area contributed by atoms with Crippen LogP contribution in [0.1, 0.15) is 24.1 Å². The quantitative estimate of drug-likeness (QED) is 0.928. The number of hydrogen-bond acceptors (Lipinski definition) is 2. The van der Waals surface area contributed by atoms with Crippen LogP contribution >= 0.6 is 0 Å². The molecule has 0 amide bonds. The van der Waals surface area contributed by atoms with Crippen LogP contribution < -0.4 is 10.1 Å². The Morgan fingerprint density at radius 1 is 1.19 bits per heavy atom. The molecule has 1 aliphatic rings. The predicted molar refractivity (Wildman–Crippen MR) is 77.3 cm³/mol. The maximum absolute atomic E-state index is 13.5. The molecule has 2 atom stereocenters. The van der Waals surface area contributed by atoms with Crippen molar-refractivity contribution in [1.29, 1.82) is 0 Å². The van der Waals surface area contributed by atoms with Crippen LogP contribution in [-0.4, -0.2) is 12.6 Å². The van der Waals surface area contributed by atoms with Gasteiger partial charge in [-0.1, -0.05) is 31.2 Å². The molecule has 21 heavy (non-hydrogen) atoms. The van der Waals surface area contributed by atoms with E-state index in [1.54, 1.807) is 6.07 Å². The molecular weight excluding hydrogens is 272 g/mol. The van der Waals surface area contributed by atoms with E-state index in [1.807, 2.05) is 31.2 Å². The van der Waals surface area contributed by atoms with Crippen molar-refractivity contribution in [3.05, 3.63) is 65.2 Å². The lowest BCUT2D eigenvalue weighted by Gasteiger charge is -2.24. The summed E-state index contributed by atoms with van der Waals surface area (Å²) in [6.07, 6.45) is 0.638. The third-order valence-corrected chi connectivity index (χ3v) is 3.77. The van der Waals surface area contributed by atoms with Crippen molar-refractivity contribution < 1.29 is 13.5 Å². The van der Waals surface area contributed by atoms with Crippen molar-refractivity contribution in [2.75, 3.05) is 6.54 Å². The summed E-state index contributed by atoms with van der Waals surface area (Å²) in [7, 11) is 0. The summed E-state index contributed by atoms with van der Waals surface area (Å²) < 4.78 is 32.6. The molecule has 1 heterocycles. The average Bonchev–Trinajstić information content (AvgIpc) is 2.91. The van der Waals surface area contributed by atoms with Crippen LogP contribution in [0.15, 0.2) is 42.5 Å². The Bertz CT molecular complexity index is 619. The molecule has 1 aliphatic heterocycles. The van der Waals surface area contributed by atoms with E-state index in [-0.39, 0.29) is 12.1 Å². The van der Waals surface area contributed by atoms with Gasteiger partial charge in [0.1, 0.15) is 11.9 Å². The summed E-state index contributed by atoms with van der Waals surface area (Å²) in [5, 5.41) is 3.31. The second-order valence-electron chi connectivity index (χ2n) is 5.18. The largest absolute Gasteiger partial charge is 0.488 e. The van der Waals surface area contributed by atoms with E-state index in [9.17, 15) is 8.78 Å². The minimum Gasteiger partial charge on any atom is -0.488 e. The Labute approximate surface area is 122 Å². The zero-order valence-electron chi connectivity index (χ0n) is 11.8. The number of para-hydroxylation sites is 1. The van der Waals surface area contributed by atoms with Crippen LogP contribution in [0.5, 0.6) is 5.75 Å². The number of rotatable bonds is 4. The number of likely N-dealkylation sites (N-methyl/N-ethyl adjacent to an activating group) is 1. The molecule has 0 saturated heterocycles. The normalized spacial score (nSPS) is 18.1. The van der Waals surface area contributed by atoms with Crippen molar-refractivity contribution in [3.8, 4) is 5.75 Å². The third kappa shape index (κ3) is 2.76. The molecule has 4 heteroatoms. The SMILES string of the molecule is CCNC(c1ccc(F)c(F)c1)C1Cc2ccccc2O1. The zero-order valence-corrected chi connectivity index (χ0v) is 11.8. The van der Waals surface area contributed by atoms with Crippen LogP contribution in [-0.2, 0) is 6.42 Å². The molecule has 1 N–H and O–H groups in total. The molecule has 0 spiro atoms. The highest BCUT2D eigenvalue weighted by Crippen LogP contribution is 2.34. The first-order chi connectivity index (χ1) is 10.2. The lowest BCUT2D eigenvalue weighted by atomic mass is 9.97. The Balaban J connectivity index is 1.87. The van der Waals surface area contributed by atoms with Gasteiger partial charge in [-0.3, -0.25) is 0 Å². The van der Waals surface area contributed by atoms with Gasteiger partial charge in [0.15, 0.2) is 11.6 Å². The molecule has 2 aromatic rings. The summed E-state index contributed by atoms with van der Waals surface area (Å²) in [5.41, 5.74) is 1.85. The zero-order chi connectivity index (χ0) is 14.8. The summed E-state index contributed by atoms with van der Waals surface area (Å²) in [5.74, 6) is -0.788. The maximum atomic E-state index is 13.5. The minimum atomic E-state index is -0.829. The highest BCUT2D eigenvalue weighted by atomic mass is 19.2. The van der Waals surface area contributed by atoms with Crippen LogP contribution in [0.3, 0.4) is 0 Å². The van der Waals surface area contributed by atoms with E-state index in [0.29, 0.717) is 5.56 Å². The lowest BCUT2D eigenvalue weighted by molar-refractivity contribution is 0.179. The minimum absolute atomic E-state index is 0.118. The summed E-state index contributed by atoms with van der Waals surface area (Å²) in [6, 6.07) is 11.7. The Morgan fingerprint density at radius 2 is 2.00 bits per heavy atom. The van der Waals surface area contributed by atoms with E-state index >= 15 is 0 Å². The van der Waals surface area contributed by atoms with Crippen molar-refractivity contribution in [3.63, 3.8) is 0 Å². The number of benzene rings is 2. The molecule has 2 aromatic carbocycles. The Morgan fingerprint density at radius 3 is 2.71 bits per heavy atom.